The number of aryl methyl sites for hydroxylation is 1. The molecule has 0 aliphatic carbocycles. The molecule has 0 saturated carbocycles. The maximum atomic E-state index is 13.2. The summed E-state index contributed by atoms with van der Waals surface area (Å²) in [6.07, 6.45) is -0.255. The Hall–Kier alpha value is -4.67. The summed E-state index contributed by atoms with van der Waals surface area (Å²) in [6.45, 7) is 1.53. The number of hydrogen-bond acceptors (Lipinski definition) is 8. The van der Waals surface area contributed by atoms with Crippen LogP contribution in [0, 0.1) is 6.92 Å². The lowest BCUT2D eigenvalue weighted by Gasteiger charge is -2.22. The summed E-state index contributed by atoms with van der Waals surface area (Å²) in [5.74, 6) is -0.639. The van der Waals surface area contributed by atoms with Gasteiger partial charge in [-0.1, -0.05) is 6.07 Å². The molecular weight excluding hydrogens is 470 g/mol. The lowest BCUT2D eigenvalue weighted by molar-refractivity contribution is -0.116. The van der Waals surface area contributed by atoms with Gasteiger partial charge in [0.15, 0.2) is 11.5 Å². The maximum Gasteiger partial charge on any atom is 0.343 e. The monoisotopic (exact) mass is 495 g/mol. The normalized spacial score (nSPS) is 11.8. The van der Waals surface area contributed by atoms with Crippen LogP contribution in [0.25, 0.3) is 11.0 Å². The number of nitrogens with one attached hydrogen (secondary N) is 3. The number of aromatic nitrogens is 2. The molecular formula is C25H25N3O8. The van der Waals surface area contributed by atoms with Crippen LogP contribution in [0.3, 0.4) is 0 Å². The third-order valence-electron chi connectivity index (χ3n) is 5.74. The first-order valence-electron chi connectivity index (χ1n) is 10.9. The molecule has 0 aliphatic heterocycles. The minimum Gasteiger partial charge on any atom is -0.507 e. The fourth-order valence-electron chi connectivity index (χ4n) is 4.20. The molecule has 0 radical (unpaired) electrons. The van der Waals surface area contributed by atoms with Crippen LogP contribution in [0.5, 0.6) is 23.0 Å². The number of H-pyrrole nitrogens is 2. The van der Waals surface area contributed by atoms with Crippen molar-refractivity contribution in [3.63, 3.8) is 0 Å². The minimum atomic E-state index is -0.965. The molecule has 1 amide bonds. The van der Waals surface area contributed by atoms with Crippen LogP contribution >= 0.6 is 0 Å². The molecule has 4 aromatic rings. The first-order valence-corrected chi connectivity index (χ1v) is 10.9. The quantitative estimate of drug-likeness (QED) is 0.291. The lowest BCUT2D eigenvalue weighted by atomic mass is 9.87. The molecule has 188 valence electrons. The van der Waals surface area contributed by atoms with Gasteiger partial charge in [0.1, 0.15) is 11.5 Å². The second kappa shape index (κ2) is 9.90. The molecule has 4 rings (SSSR count). The van der Waals surface area contributed by atoms with E-state index >= 15 is 0 Å². The van der Waals surface area contributed by atoms with Gasteiger partial charge in [-0.25, -0.2) is 9.59 Å². The smallest absolute Gasteiger partial charge is 0.343 e. The highest BCUT2D eigenvalue weighted by atomic mass is 16.5. The predicted molar refractivity (Wildman–Crippen MR) is 131 cm³/mol. The van der Waals surface area contributed by atoms with Gasteiger partial charge < -0.3 is 39.0 Å². The van der Waals surface area contributed by atoms with Crippen LogP contribution in [-0.4, -0.2) is 42.3 Å². The van der Waals surface area contributed by atoms with Crippen molar-refractivity contribution in [2.75, 3.05) is 26.6 Å². The van der Waals surface area contributed by atoms with Gasteiger partial charge in [-0.15, -0.1) is 0 Å². The summed E-state index contributed by atoms with van der Waals surface area (Å²) < 4.78 is 21.6. The molecule has 2 heterocycles. The third-order valence-corrected chi connectivity index (χ3v) is 5.74. The van der Waals surface area contributed by atoms with Crippen LogP contribution in [0.15, 0.2) is 50.4 Å². The number of aromatic hydroxyl groups is 1. The molecule has 0 saturated heterocycles. The van der Waals surface area contributed by atoms with Gasteiger partial charge in [-0.3, -0.25) is 4.79 Å². The van der Waals surface area contributed by atoms with Crippen LogP contribution in [0.1, 0.15) is 29.2 Å². The first kappa shape index (κ1) is 24.5. The van der Waals surface area contributed by atoms with E-state index in [2.05, 4.69) is 15.3 Å². The molecule has 0 bridgehead atoms. The zero-order valence-electron chi connectivity index (χ0n) is 20.1. The first-order chi connectivity index (χ1) is 17.2. The Labute approximate surface area is 204 Å². The average Bonchev–Trinajstić information content (AvgIpc) is 3.20. The fraction of sp³-hybridized carbons (Fsp3) is 0.240. The van der Waals surface area contributed by atoms with Crippen molar-refractivity contribution >= 4 is 22.6 Å². The molecule has 0 fully saturated rings. The molecule has 2 aromatic carbocycles. The topological polar surface area (TPSA) is 156 Å². The molecule has 2 aromatic heterocycles. The van der Waals surface area contributed by atoms with E-state index in [0.717, 1.165) is 0 Å². The second-order valence-corrected chi connectivity index (χ2v) is 8.01. The van der Waals surface area contributed by atoms with E-state index in [4.69, 9.17) is 18.6 Å². The minimum absolute atomic E-state index is 0.105. The Morgan fingerprint density at radius 1 is 1.00 bits per heavy atom. The summed E-state index contributed by atoms with van der Waals surface area (Å²) in [7, 11) is 4.32. The lowest BCUT2D eigenvalue weighted by Crippen LogP contribution is -2.21. The van der Waals surface area contributed by atoms with Gasteiger partial charge in [0, 0.05) is 29.7 Å². The second-order valence-electron chi connectivity index (χ2n) is 8.01. The van der Waals surface area contributed by atoms with Gasteiger partial charge in [0.25, 0.3) is 0 Å². The van der Waals surface area contributed by atoms with Crippen molar-refractivity contribution in [2.24, 2.45) is 0 Å². The van der Waals surface area contributed by atoms with E-state index in [1.165, 1.54) is 34.3 Å². The molecule has 0 unspecified atom stereocenters. The van der Waals surface area contributed by atoms with Crippen LogP contribution < -0.4 is 30.8 Å². The number of amides is 1. The third kappa shape index (κ3) is 4.63. The zero-order chi connectivity index (χ0) is 26.0. The molecule has 11 heteroatoms. The number of benzene rings is 2. The van der Waals surface area contributed by atoms with E-state index in [1.807, 2.05) is 0 Å². The number of ether oxygens (including phenoxy) is 3. The number of carbonyl (C=O) groups excluding carboxylic acids is 1. The molecule has 0 aliphatic rings. The van der Waals surface area contributed by atoms with Gasteiger partial charge in [-0.2, -0.15) is 0 Å². The summed E-state index contributed by atoms with van der Waals surface area (Å²) >= 11 is 0. The number of rotatable bonds is 8. The number of anilines is 1. The van der Waals surface area contributed by atoms with Gasteiger partial charge in [0.2, 0.25) is 11.7 Å². The average molecular weight is 495 g/mol. The van der Waals surface area contributed by atoms with E-state index in [9.17, 15) is 19.5 Å². The fourth-order valence-corrected chi connectivity index (χ4v) is 4.20. The Morgan fingerprint density at radius 2 is 1.72 bits per heavy atom. The molecule has 1 atom stereocenters. The highest BCUT2D eigenvalue weighted by Gasteiger charge is 2.30. The van der Waals surface area contributed by atoms with Crippen molar-refractivity contribution < 1.29 is 28.5 Å². The van der Waals surface area contributed by atoms with E-state index in [0.29, 0.717) is 28.0 Å². The van der Waals surface area contributed by atoms with E-state index in [-0.39, 0.29) is 40.7 Å². The van der Waals surface area contributed by atoms with Crippen molar-refractivity contribution in [1.82, 2.24) is 9.97 Å². The number of imidazole rings is 1. The Morgan fingerprint density at radius 3 is 2.39 bits per heavy atom. The van der Waals surface area contributed by atoms with Gasteiger partial charge in [0.05, 0.1) is 37.9 Å². The molecule has 11 nitrogen and oxygen atoms in total. The Bertz CT molecular complexity index is 1550. The molecule has 36 heavy (non-hydrogen) atoms. The number of fused-ring (bicyclic) bond motifs is 1. The van der Waals surface area contributed by atoms with Crippen molar-refractivity contribution in [2.45, 2.75) is 19.3 Å². The molecule has 4 N–H and O–H groups in total. The Balaban J connectivity index is 1.78. The van der Waals surface area contributed by atoms with E-state index in [1.54, 1.807) is 30.3 Å². The largest absolute Gasteiger partial charge is 0.507 e. The number of aromatic amines is 2. The van der Waals surface area contributed by atoms with Crippen molar-refractivity contribution in [1.29, 1.82) is 0 Å². The SMILES string of the molecule is COc1ccc([C@@H](CC(=O)Nc2ccc3[nH]c(=O)[nH]c3c2)c2c(O)cc(C)oc2=O)c(OC)c1OC. The molecule has 0 spiro atoms. The van der Waals surface area contributed by atoms with Gasteiger partial charge in [-0.05, 0) is 31.2 Å². The van der Waals surface area contributed by atoms with Gasteiger partial charge >= 0.3 is 11.3 Å². The van der Waals surface area contributed by atoms with Crippen LogP contribution in [-0.2, 0) is 4.79 Å². The maximum absolute atomic E-state index is 13.2. The van der Waals surface area contributed by atoms with Crippen LogP contribution in [0.2, 0.25) is 0 Å². The summed E-state index contributed by atoms with van der Waals surface area (Å²) in [5.41, 5.74) is 0.694. The summed E-state index contributed by atoms with van der Waals surface area (Å²) in [4.78, 5) is 42.8. The van der Waals surface area contributed by atoms with Crippen LogP contribution in [0.4, 0.5) is 5.69 Å². The number of methoxy groups -OCH3 is 3. The highest BCUT2D eigenvalue weighted by molar-refractivity contribution is 5.93. The highest BCUT2D eigenvalue weighted by Crippen LogP contribution is 2.46. The summed E-state index contributed by atoms with van der Waals surface area (Å²) in [6, 6.07) is 9.45. The van der Waals surface area contributed by atoms with Crippen molar-refractivity contribution in [3.05, 3.63) is 74.2 Å². The standard InChI is InChI=1S/C25H25N3O8/c1-12-9-18(29)21(24(31)36-12)15(14-6-8-19(33-2)23(35-4)22(14)34-3)11-20(30)26-13-5-7-16-17(10-13)28-25(32)27-16/h5-10,15,29H,11H2,1-4H3,(H,26,30)(H2,27,28,32)/t15-/m1/s1. The number of carbonyl (C=O) groups is 1. The van der Waals surface area contributed by atoms with Crippen molar-refractivity contribution in [3.8, 4) is 23.0 Å². The number of hydrogen-bond donors (Lipinski definition) is 4. The predicted octanol–water partition coefficient (Wildman–Crippen LogP) is 3.01. The summed E-state index contributed by atoms with van der Waals surface area (Å²) in [5, 5.41) is 13.5. The zero-order valence-corrected chi connectivity index (χ0v) is 20.1. The Kier molecular flexibility index (Phi) is 6.73. The van der Waals surface area contributed by atoms with E-state index < -0.39 is 17.5 Å².